The molecule has 17 heavy (non-hydrogen) atoms. The summed E-state index contributed by atoms with van der Waals surface area (Å²) in [7, 11) is 0. The lowest BCUT2D eigenvalue weighted by atomic mass is 10.0. The standard InChI is InChI=1S/C12H15F3N2/c13-12(14,15)8-11(17)7-10(16)6-9-4-2-1-3-5-9/h1-5,10,17H,6-8,16H2. The number of nitrogens with two attached hydrogens (primary N) is 1. The number of alkyl halides is 3. The first-order chi connectivity index (χ1) is 7.87. The molecule has 1 unspecified atom stereocenters. The van der Waals surface area contributed by atoms with Gasteiger partial charge in [0.25, 0.3) is 0 Å². The van der Waals surface area contributed by atoms with Gasteiger partial charge in [0.15, 0.2) is 0 Å². The molecule has 0 fully saturated rings. The van der Waals surface area contributed by atoms with Gasteiger partial charge in [-0.15, -0.1) is 0 Å². The van der Waals surface area contributed by atoms with Crippen molar-refractivity contribution in [2.24, 2.45) is 5.73 Å². The molecule has 0 bridgehead atoms. The van der Waals surface area contributed by atoms with E-state index in [2.05, 4.69) is 0 Å². The van der Waals surface area contributed by atoms with Gasteiger partial charge in [-0.3, -0.25) is 0 Å². The highest BCUT2D eigenvalue weighted by Gasteiger charge is 2.29. The summed E-state index contributed by atoms with van der Waals surface area (Å²) in [4.78, 5) is 0. The van der Waals surface area contributed by atoms with Gasteiger partial charge in [-0.25, -0.2) is 0 Å². The molecular formula is C12H15F3N2. The van der Waals surface area contributed by atoms with Gasteiger partial charge in [0.1, 0.15) is 0 Å². The number of hydrogen-bond donors (Lipinski definition) is 2. The highest BCUT2D eigenvalue weighted by Crippen LogP contribution is 2.21. The SMILES string of the molecule is N=C(CC(N)Cc1ccccc1)CC(F)(F)F. The molecule has 94 valence electrons. The fourth-order valence-electron chi connectivity index (χ4n) is 1.62. The normalized spacial score (nSPS) is 13.4. The summed E-state index contributed by atoms with van der Waals surface area (Å²) in [5, 5.41) is 7.24. The zero-order chi connectivity index (χ0) is 12.9. The first-order valence-electron chi connectivity index (χ1n) is 5.29. The van der Waals surface area contributed by atoms with Crippen LogP contribution in [0.5, 0.6) is 0 Å². The van der Waals surface area contributed by atoms with Gasteiger partial charge in [-0.05, 0) is 12.0 Å². The van der Waals surface area contributed by atoms with Crippen molar-refractivity contribution in [1.82, 2.24) is 0 Å². The van der Waals surface area contributed by atoms with Crippen LogP contribution in [-0.2, 0) is 6.42 Å². The molecule has 1 aromatic rings. The van der Waals surface area contributed by atoms with Crippen LogP contribution in [0.1, 0.15) is 18.4 Å². The maximum atomic E-state index is 12.0. The van der Waals surface area contributed by atoms with Crippen molar-refractivity contribution in [3.8, 4) is 0 Å². The lowest BCUT2D eigenvalue weighted by Gasteiger charge is -2.13. The van der Waals surface area contributed by atoms with Crippen molar-refractivity contribution in [2.45, 2.75) is 31.5 Å². The van der Waals surface area contributed by atoms with E-state index >= 15 is 0 Å². The molecule has 0 amide bonds. The van der Waals surface area contributed by atoms with Crippen molar-refractivity contribution >= 4 is 5.71 Å². The predicted octanol–water partition coefficient (Wildman–Crippen LogP) is 2.92. The summed E-state index contributed by atoms with van der Waals surface area (Å²) in [5.41, 5.74) is 6.33. The summed E-state index contributed by atoms with van der Waals surface area (Å²) < 4.78 is 36.0. The van der Waals surface area contributed by atoms with E-state index in [0.29, 0.717) is 6.42 Å². The van der Waals surface area contributed by atoms with Crippen LogP contribution in [-0.4, -0.2) is 17.9 Å². The summed E-state index contributed by atoms with van der Waals surface area (Å²) in [5.74, 6) is 0. The van der Waals surface area contributed by atoms with E-state index < -0.39 is 18.6 Å². The number of benzene rings is 1. The van der Waals surface area contributed by atoms with Gasteiger partial charge in [0.05, 0.1) is 6.42 Å². The van der Waals surface area contributed by atoms with E-state index in [1.165, 1.54) is 0 Å². The smallest absolute Gasteiger partial charge is 0.327 e. The quantitative estimate of drug-likeness (QED) is 0.769. The van der Waals surface area contributed by atoms with Gasteiger partial charge < -0.3 is 11.1 Å². The average molecular weight is 244 g/mol. The maximum Gasteiger partial charge on any atom is 0.394 e. The van der Waals surface area contributed by atoms with Crippen LogP contribution in [0.25, 0.3) is 0 Å². The first kappa shape index (κ1) is 13.7. The highest BCUT2D eigenvalue weighted by atomic mass is 19.4. The number of hydrogen-bond acceptors (Lipinski definition) is 2. The van der Waals surface area contributed by atoms with E-state index in [4.69, 9.17) is 11.1 Å². The minimum atomic E-state index is -4.32. The molecule has 1 aromatic carbocycles. The van der Waals surface area contributed by atoms with E-state index in [0.717, 1.165) is 5.56 Å². The second-order valence-corrected chi connectivity index (χ2v) is 4.05. The van der Waals surface area contributed by atoms with E-state index in [9.17, 15) is 13.2 Å². The highest BCUT2D eigenvalue weighted by molar-refractivity contribution is 5.82. The zero-order valence-electron chi connectivity index (χ0n) is 9.30. The molecule has 0 aliphatic rings. The van der Waals surface area contributed by atoms with E-state index in [1.807, 2.05) is 30.3 Å². The summed E-state index contributed by atoms with van der Waals surface area (Å²) >= 11 is 0. The molecule has 1 rings (SSSR count). The first-order valence-corrected chi connectivity index (χ1v) is 5.29. The van der Waals surface area contributed by atoms with Gasteiger partial charge in [-0.2, -0.15) is 13.2 Å². The third-order valence-electron chi connectivity index (χ3n) is 2.26. The Morgan fingerprint density at radius 2 is 1.82 bits per heavy atom. The maximum absolute atomic E-state index is 12.0. The second kappa shape index (κ2) is 5.82. The monoisotopic (exact) mass is 244 g/mol. The number of halogens is 3. The van der Waals surface area contributed by atoms with Crippen LogP contribution in [0.3, 0.4) is 0 Å². The molecule has 3 N–H and O–H groups in total. The van der Waals surface area contributed by atoms with Crippen LogP contribution >= 0.6 is 0 Å². The summed E-state index contributed by atoms with van der Waals surface area (Å²) in [6.07, 6.45) is -5.02. The summed E-state index contributed by atoms with van der Waals surface area (Å²) in [6.45, 7) is 0. The zero-order valence-corrected chi connectivity index (χ0v) is 9.30. The topological polar surface area (TPSA) is 49.9 Å². The van der Waals surface area contributed by atoms with Crippen LogP contribution < -0.4 is 5.73 Å². The molecule has 0 saturated carbocycles. The Balaban J connectivity index is 2.40. The van der Waals surface area contributed by atoms with Crippen LogP contribution in [0.4, 0.5) is 13.2 Å². The van der Waals surface area contributed by atoms with Crippen LogP contribution in [0.15, 0.2) is 30.3 Å². The molecule has 0 aromatic heterocycles. The van der Waals surface area contributed by atoms with Crippen molar-refractivity contribution in [3.63, 3.8) is 0 Å². The van der Waals surface area contributed by atoms with Crippen molar-refractivity contribution in [2.75, 3.05) is 0 Å². The minimum absolute atomic E-state index is 0.0194. The van der Waals surface area contributed by atoms with Crippen LogP contribution in [0.2, 0.25) is 0 Å². The van der Waals surface area contributed by atoms with Gasteiger partial charge in [0.2, 0.25) is 0 Å². The van der Waals surface area contributed by atoms with Gasteiger partial charge >= 0.3 is 6.18 Å². The third kappa shape index (κ3) is 6.06. The molecule has 0 aliphatic carbocycles. The van der Waals surface area contributed by atoms with Crippen LogP contribution in [0, 0.1) is 5.41 Å². The fraction of sp³-hybridized carbons (Fsp3) is 0.417. The predicted molar refractivity (Wildman–Crippen MR) is 61.1 cm³/mol. The van der Waals surface area contributed by atoms with Crippen molar-refractivity contribution in [3.05, 3.63) is 35.9 Å². The molecule has 0 heterocycles. The number of nitrogens with one attached hydrogen (secondary N) is 1. The number of rotatable bonds is 5. The van der Waals surface area contributed by atoms with E-state index in [-0.39, 0.29) is 12.1 Å². The third-order valence-corrected chi connectivity index (χ3v) is 2.26. The Kier molecular flexibility index (Phi) is 4.69. The molecular weight excluding hydrogens is 229 g/mol. The minimum Gasteiger partial charge on any atom is -0.327 e. The Morgan fingerprint density at radius 3 is 2.35 bits per heavy atom. The molecule has 1 atom stereocenters. The lowest BCUT2D eigenvalue weighted by molar-refractivity contribution is -0.121. The molecule has 0 spiro atoms. The molecule has 0 radical (unpaired) electrons. The molecule has 2 nitrogen and oxygen atoms in total. The molecule has 0 saturated heterocycles. The Labute approximate surface area is 98.1 Å². The largest absolute Gasteiger partial charge is 0.394 e. The lowest BCUT2D eigenvalue weighted by Crippen LogP contribution is -2.28. The van der Waals surface area contributed by atoms with E-state index in [1.54, 1.807) is 0 Å². The van der Waals surface area contributed by atoms with Crippen molar-refractivity contribution < 1.29 is 13.2 Å². The molecule has 5 heteroatoms. The Morgan fingerprint density at radius 1 is 1.24 bits per heavy atom. The van der Waals surface area contributed by atoms with Gasteiger partial charge in [-0.1, -0.05) is 30.3 Å². The fourth-order valence-corrected chi connectivity index (χ4v) is 1.62. The van der Waals surface area contributed by atoms with Gasteiger partial charge in [0, 0.05) is 18.2 Å². The van der Waals surface area contributed by atoms with Crippen molar-refractivity contribution in [1.29, 1.82) is 5.41 Å². The molecule has 0 aliphatic heterocycles. The average Bonchev–Trinajstić information content (AvgIpc) is 2.15. The second-order valence-electron chi connectivity index (χ2n) is 4.05. The Bertz CT molecular complexity index is 360. The Hall–Kier alpha value is -1.36. The summed E-state index contributed by atoms with van der Waals surface area (Å²) in [6, 6.07) is 8.86.